The summed E-state index contributed by atoms with van der Waals surface area (Å²) >= 11 is 7.58. The van der Waals surface area contributed by atoms with Gasteiger partial charge < -0.3 is 20.4 Å². The van der Waals surface area contributed by atoms with Crippen molar-refractivity contribution in [2.45, 2.75) is 18.3 Å². The fraction of sp³-hybridized carbons (Fsp3) is 0.182. The van der Waals surface area contributed by atoms with Crippen LogP contribution in [0.1, 0.15) is 21.7 Å². The third kappa shape index (κ3) is 4.98. The number of rotatable bonds is 7. The van der Waals surface area contributed by atoms with Crippen molar-refractivity contribution in [3.63, 3.8) is 0 Å². The van der Waals surface area contributed by atoms with E-state index in [2.05, 4.69) is 16.0 Å². The summed E-state index contributed by atoms with van der Waals surface area (Å²) < 4.78 is 5.21. The molecule has 2 amide bonds. The van der Waals surface area contributed by atoms with Crippen molar-refractivity contribution in [1.29, 1.82) is 0 Å². The lowest BCUT2D eigenvalue weighted by molar-refractivity contribution is -0.116. The quantitative estimate of drug-likeness (QED) is 0.501. The molecule has 1 atom stereocenters. The lowest BCUT2D eigenvalue weighted by Gasteiger charge is -2.27. The molecule has 0 fully saturated rings. The van der Waals surface area contributed by atoms with Crippen molar-refractivity contribution < 1.29 is 14.0 Å². The molecule has 1 unspecified atom stereocenters. The second-order valence-corrected chi connectivity index (χ2v) is 8.32. The van der Waals surface area contributed by atoms with Gasteiger partial charge >= 0.3 is 0 Å². The maximum Gasteiger partial charge on any atom is 0.251 e. The van der Waals surface area contributed by atoms with E-state index in [1.807, 2.05) is 30.3 Å². The van der Waals surface area contributed by atoms with E-state index in [1.165, 1.54) is 0 Å². The Morgan fingerprint density at radius 3 is 2.73 bits per heavy atom. The molecule has 2 aromatic carbocycles. The number of carbonyl (C=O) groups is 2. The van der Waals surface area contributed by atoms with Crippen LogP contribution in [0.5, 0.6) is 0 Å². The van der Waals surface area contributed by atoms with Crippen molar-refractivity contribution >= 4 is 46.6 Å². The van der Waals surface area contributed by atoms with Crippen LogP contribution in [0, 0.1) is 0 Å². The van der Waals surface area contributed by atoms with E-state index < -0.39 is 0 Å². The maximum absolute atomic E-state index is 12.5. The first-order chi connectivity index (χ1) is 14.6. The molecule has 4 rings (SSSR count). The zero-order chi connectivity index (χ0) is 20.9. The lowest BCUT2D eigenvalue weighted by atomic mass is 10.1. The highest BCUT2D eigenvalue weighted by atomic mass is 35.5. The van der Waals surface area contributed by atoms with Gasteiger partial charge in [0, 0.05) is 22.1 Å². The Morgan fingerprint density at radius 2 is 1.97 bits per heavy atom. The van der Waals surface area contributed by atoms with Crippen LogP contribution >= 0.6 is 23.4 Å². The highest BCUT2D eigenvalue weighted by Gasteiger charge is 2.26. The summed E-state index contributed by atoms with van der Waals surface area (Å²) in [5.41, 5.74) is 3.03. The van der Waals surface area contributed by atoms with E-state index in [1.54, 1.807) is 42.3 Å². The first kappa shape index (κ1) is 20.4. The van der Waals surface area contributed by atoms with Crippen LogP contribution in [0.4, 0.5) is 11.4 Å². The molecule has 30 heavy (non-hydrogen) atoms. The molecule has 0 saturated heterocycles. The summed E-state index contributed by atoms with van der Waals surface area (Å²) in [7, 11) is 0. The molecule has 0 bridgehead atoms. The van der Waals surface area contributed by atoms with Crippen LogP contribution in [0.25, 0.3) is 0 Å². The minimum Gasteiger partial charge on any atom is -0.467 e. The number of nitrogens with one attached hydrogen (secondary N) is 3. The minimum atomic E-state index is -0.339. The molecule has 1 aliphatic rings. The van der Waals surface area contributed by atoms with Gasteiger partial charge in [0.1, 0.15) is 11.8 Å². The number of fused-ring (bicyclic) bond motifs is 1. The number of hydrogen-bond donors (Lipinski definition) is 3. The summed E-state index contributed by atoms with van der Waals surface area (Å²) in [5.74, 6) is 1.75. The number of benzene rings is 2. The monoisotopic (exact) mass is 441 g/mol. The average Bonchev–Trinajstić information content (AvgIpc) is 3.27. The van der Waals surface area contributed by atoms with E-state index in [0.29, 0.717) is 34.3 Å². The molecule has 154 valence electrons. The first-order valence-electron chi connectivity index (χ1n) is 9.43. The Morgan fingerprint density at radius 1 is 1.13 bits per heavy atom. The number of hydrogen-bond acceptors (Lipinski definition) is 5. The van der Waals surface area contributed by atoms with Gasteiger partial charge in [0.2, 0.25) is 5.91 Å². The van der Waals surface area contributed by atoms with Crippen LogP contribution in [-0.2, 0) is 17.1 Å². The molecule has 1 aliphatic heterocycles. The maximum atomic E-state index is 12.5. The summed E-state index contributed by atoms with van der Waals surface area (Å²) in [4.78, 5) is 24.9. The fourth-order valence-corrected chi connectivity index (χ4v) is 4.21. The van der Waals surface area contributed by atoms with Crippen LogP contribution in [0.3, 0.4) is 0 Å². The first-order valence-corrected chi connectivity index (χ1v) is 11.0. The van der Waals surface area contributed by atoms with Gasteiger partial charge in [-0.2, -0.15) is 11.8 Å². The molecule has 0 radical (unpaired) electrons. The largest absolute Gasteiger partial charge is 0.467 e. The third-order valence-electron chi connectivity index (χ3n) is 4.66. The van der Waals surface area contributed by atoms with Gasteiger partial charge in [-0.05, 0) is 48.0 Å². The predicted octanol–water partition coefficient (Wildman–Crippen LogP) is 4.53. The average molecular weight is 442 g/mol. The molecule has 2 heterocycles. The van der Waals surface area contributed by atoms with Gasteiger partial charge in [0.05, 0.1) is 24.2 Å². The summed E-state index contributed by atoms with van der Waals surface area (Å²) in [6, 6.07) is 16.1. The number of halogens is 1. The van der Waals surface area contributed by atoms with Gasteiger partial charge in [-0.3, -0.25) is 9.59 Å². The van der Waals surface area contributed by atoms with E-state index in [0.717, 1.165) is 17.0 Å². The second kappa shape index (κ2) is 9.28. The summed E-state index contributed by atoms with van der Waals surface area (Å²) in [6.07, 6.45) is 1.56. The molecule has 3 aromatic rings. The lowest BCUT2D eigenvalue weighted by Crippen LogP contribution is -2.40. The molecule has 6 nitrogen and oxygen atoms in total. The molecule has 0 spiro atoms. The molecule has 0 aliphatic carbocycles. The van der Waals surface area contributed by atoms with Crippen LogP contribution < -0.4 is 16.0 Å². The fourth-order valence-electron chi connectivity index (χ4n) is 3.06. The molecule has 8 heteroatoms. The predicted molar refractivity (Wildman–Crippen MR) is 120 cm³/mol. The molecular formula is C22H20ClN3O3S. The molecular weight excluding hydrogens is 422 g/mol. The third-order valence-corrected chi connectivity index (χ3v) is 6.01. The molecule has 1 aromatic heterocycles. The normalized spacial score (nSPS) is 15.1. The Balaban J connectivity index is 1.33. The number of thioether (sulfide) groups is 1. The van der Waals surface area contributed by atoms with Crippen molar-refractivity contribution in [3.05, 3.63) is 82.8 Å². The number of carbonyl (C=O) groups excluding carboxylic acids is 2. The topological polar surface area (TPSA) is 83.4 Å². The van der Waals surface area contributed by atoms with Crippen molar-refractivity contribution in [2.24, 2.45) is 0 Å². The van der Waals surface area contributed by atoms with Crippen molar-refractivity contribution in [1.82, 2.24) is 5.32 Å². The number of furan rings is 1. The highest BCUT2D eigenvalue weighted by Crippen LogP contribution is 2.29. The van der Waals surface area contributed by atoms with Gasteiger partial charge in [0.15, 0.2) is 0 Å². The van der Waals surface area contributed by atoms with E-state index in [-0.39, 0.29) is 17.9 Å². The highest BCUT2D eigenvalue weighted by molar-refractivity contribution is 7.98. The van der Waals surface area contributed by atoms with E-state index in [9.17, 15) is 9.59 Å². The van der Waals surface area contributed by atoms with Crippen LogP contribution in [0.15, 0.2) is 65.3 Å². The van der Waals surface area contributed by atoms with Crippen molar-refractivity contribution in [2.75, 3.05) is 16.4 Å². The van der Waals surface area contributed by atoms with Crippen LogP contribution in [0.2, 0.25) is 5.02 Å². The molecule has 0 saturated carbocycles. The standard InChI is InChI=1S/C22H20ClN3O3S/c23-16-6-3-14(4-7-16)12-30-13-20-22(28)26-19-10-15(5-8-18(19)25-20)21(27)24-11-17-2-1-9-29-17/h1-10,20,25H,11-13H2,(H,24,27)(H,26,28). The second-order valence-electron chi connectivity index (χ2n) is 6.85. The Hall–Kier alpha value is -2.90. The number of amides is 2. The summed E-state index contributed by atoms with van der Waals surface area (Å²) in [6.45, 7) is 0.306. The summed E-state index contributed by atoms with van der Waals surface area (Å²) in [5, 5.41) is 9.67. The van der Waals surface area contributed by atoms with Gasteiger partial charge in [-0.25, -0.2) is 0 Å². The minimum absolute atomic E-state index is 0.112. The zero-order valence-corrected chi connectivity index (χ0v) is 17.6. The SMILES string of the molecule is O=C(NCc1ccco1)c1ccc2c(c1)NC(=O)C(CSCc1ccc(Cl)cc1)N2. The van der Waals surface area contributed by atoms with E-state index in [4.69, 9.17) is 16.0 Å². The Labute approximate surface area is 183 Å². The van der Waals surface area contributed by atoms with Gasteiger partial charge in [-0.1, -0.05) is 23.7 Å². The zero-order valence-electron chi connectivity index (χ0n) is 16.0. The van der Waals surface area contributed by atoms with Crippen molar-refractivity contribution in [3.8, 4) is 0 Å². The molecule has 3 N–H and O–H groups in total. The smallest absolute Gasteiger partial charge is 0.251 e. The number of anilines is 2. The van der Waals surface area contributed by atoms with Gasteiger partial charge in [-0.15, -0.1) is 0 Å². The van der Waals surface area contributed by atoms with Gasteiger partial charge in [0.25, 0.3) is 5.91 Å². The van der Waals surface area contributed by atoms with Crippen LogP contribution in [-0.4, -0.2) is 23.6 Å². The van der Waals surface area contributed by atoms with E-state index >= 15 is 0 Å². The Bertz CT molecular complexity index is 1040. The Kier molecular flexibility index (Phi) is 6.30.